The van der Waals surface area contributed by atoms with E-state index in [0.29, 0.717) is 36.7 Å². The number of benzene rings is 2. The summed E-state index contributed by atoms with van der Waals surface area (Å²) in [5, 5.41) is 10.4. The fourth-order valence-electron chi connectivity index (χ4n) is 2.75. The van der Waals surface area contributed by atoms with Gasteiger partial charge in [-0.3, -0.25) is 4.79 Å². The van der Waals surface area contributed by atoms with Gasteiger partial charge >= 0.3 is 5.97 Å². The van der Waals surface area contributed by atoms with Crippen LogP contribution in [0, 0.1) is 0 Å². The maximum absolute atomic E-state index is 11.6. The average Bonchev–Trinajstić information content (AvgIpc) is 2.75. The number of phenolic OH excluding ortho intramolecular Hbond substituents is 1. The Morgan fingerprint density at radius 2 is 1.70 bits per heavy atom. The summed E-state index contributed by atoms with van der Waals surface area (Å²) in [5.74, 6) is 1.47. The topological polar surface area (TPSA) is 94.4 Å². The minimum absolute atomic E-state index is 0.0754. The molecule has 30 heavy (non-hydrogen) atoms. The highest BCUT2D eigenvalue weighted by Gasteiger charge is 2.13. The first-order chi connectivity index (χ1) is 14.6. The minimum atomic E-state index is -0.339. The second-order valence-electron chi connectivity index (χ2n) is 6.76. The highest BCUT2D eigenvalue weighted by Crippen LogP contribution is 2.31. The number of esters is 1. The van der Waals surface area contributed by atoms with Crippen molar-refractivity contribution in [3.8, 4) is 40.0 Å². The fraction of sp³-hybridized carbons (Fsp3) is 0.304. The van der Waals surface area contributed by atoms with Crippen molar-refractivity contribution in [3.05, 3.63) is 48.8 Å². The first-order valence-electron chi connectivity index (χ1n) is 10.1. The van der Waals surface area contributed by atoms with Crippen LogP contribution in [-0.2, 0) is 4.79 Å². The van der Waals surface area contributed by atoms with Crippen molar-refractivity contribution in [1.29, 1.82) is 0 Å². The molecule has 156 valence electrons. The van der Waals surface area contributed by atoms with Gasteiger partial charge in [0.25, 0.3) is 0 Å². The maximum atomic E-state index is 11.6. The fourth-order valence-corrected chi connectivity index (χ4v) is 2.75. The van der Waals surface area contributed by atoms with Crippen molar-refractivity contribution in [2.24, 2.45) is 0 Å². The van der Waals surface area contributed by atoms with Crippen LogP contribution in [0.25, 0.3) is 22.8 Å². The van der Waals surface area contributed by atoms with Crippen molar-refractivity contribution >= 4 is 5.97 Å². The maximum Gasteiger partial charge on any atom is 0.311 e. The lowest BCUT2D eigenvalue weighted by atomic mass is 10.1. The van der Waals surface area contributed by atoms with Crippen LogP contribution in [0.15, 0.2) is 48.8 Å². The lowest BCUT2D eigenvalue weighted by Gasteiger charge is -2.09. The Bertz CT molecular complexity index is 990. The summed E-state index contributed by atoms with van der Waals surface area (Å²) in [6, 6.07) is 12.1. The second kappa shape index (κ2) is 10.3. The molecule has 7 heteroatoms. The summed E-state index contributed by atoms with van der Waals surface area (Å²) in [4.78, 5) is 24.5. The van der Waals surface area contributed by atoms with Crippen LogP contribution >= 0.6 is 0 Å². The lowest BCUT2D eigenvalue weighted by Crippen LogP contribution is -2.06. The van der Waals surface area contributed by atoms with Gasteiger partial charge in [-0.1, -0.05) is 20.3 Å². The summed E-state index contributed by atoms with van der Waals surface area (Å²) in [7, 11) is 0. The van der Waals surface area contributed by atoms with Crippen LogP contribution in [-0.4, -0.2) is 32.6 Å². The van der Waals surface area contributed by atoms with E-state index in [0.717, 1.165) is 24.2 Å². The monoisotopic (exact) mass is 407 g/mol. The molecule has 0 spiro atoms. The van der Waals surface area contributed by atoms with E-state index in [1.54, 1.807) is 12.1 Å². The highest BCUT2D eigenvalue weighted by molar-refractivity contribution is 5.73. The number of ether oxygens (including phenoxy) is 2. The van der Waals surface area contributed by atoms with Gasteiger partial charge in [-0.15, -0.1) is 0 Å². The summed E-state index contributed by atoms with van der Waals surface area (Å²) in [5.41, 5.74) is 1.24. The molecule has 1 N–H and O–H groups in total. The summed E-state index contributed by atoms with van der Waals surface area (Å²) >= 11 is 0. The molecule has 7 nitrogen and oxygen atoms in total. The molecule has 0 saturated heterocycles. The van der Waals surface area contributed by atoms with E-state index in [2.05, 4.69) is 21.9 Å². The third-order valence-electron chi connectivity index (χ3n) is 4.35. The molecular weight excluding hydrogens is 382 g/mol. The molecule has 0 unspecified atom stereocenters. The van der Waals surface area contributed by atoms with Crippen LogP contribution in [0.3, 0.4) is 0 Å². The number of carbonyl (C=O) groups is 1. The smallest absolute Gasteiger partial charge is 0.311 e. The van der Waals surface area contributed by atoms with Gasteiger partial charge in [0, 0.05) is 18.1 Å². The number of hydrogen-bond donors (Lipinski definition) is 1. The number of unbranched alkanes of at least 4 members (excludes halogenated alkanes) is 1. The van der Waals surface area contributed by atoms with Crippen molar-refractivity contribution in [2.45, 2.75) is 39.5 Å². The Balaban J connectivity index is 1.77. The predicted octanol–water partition coefficient (Wildman–Crippen LogP) is 4.80. The number of carbonyl (C=O) groups excluding carboxylic acids is 1. The molecule has 0 bridgehead atoms. The molecule has 0 amide bonds. The van der Waals surface area contributed by atoms with Gasteiger partial charge in [-0.25, -0.2) is 15.0 Å². The molecule has 0 aliphatic carbocycles. The minimum Gasteiger partial charge on any atom is -0.507 e. The lowest BCUT2D eigenvalue weighted by molar-refractivity contribution is -0.134. The molecule has 1 heterocycles. The Kier molecular flexibility index (Phi) is 7.32. The predicted molar refractivity (Wildman–Crippen MR) is 113 cm³/mol. The first kappa shape index (κ1) is 21.2. The van der Waals surface area contributed by atoms with Gasteiger partial charge in [-0.05, 0) is 49.2 Å². The Hall–Kier alpha value is -3.48. The standard InChI is InChI=1S/C23H25N3O4/c1-3-5-13-29-17-9-7-16(8-10-17)22-24-15-25-23(26-22)19-12-11-18(14-20(19)27)30-21(28)6-4-2/h7-12,14-15,27H,3-6,13H2,1-2H3. The molecule has 2 aromatic carbocycles. The number of hydrogen-bond acceptors (Lipinski definition) is 7. The first-order valence-corrected chi connectivity index (χ1v) is 10.1. The molecule has 0 aliphatic heterocycles. The van der Waals surface area contributed by atoms with E-state index in [9.17, 15) is 9.90 Å². The molecule has 0 aliphatic rings. The van der Waals surface area contributed by atoms with E-state index < -0.39 is 0 Å². The Labute approximate surface area is 175 Å². The molecule has 1 aromatic heterocycles. The van der Waals surface area contributed by atoms with Crippen LogP contribution in [0.1, 0.15) is 39.5 Å². The third kappa shape index (κ3) is 5.53. The quantitative estimate of drug-likeness (QED) is 0.309. The van der Waals surface area contributed by atoms with E-state index in [1.807, 2.05) is 31.2 Å². The zero-order valence-corrected chi connectivity index (χ0v) is 17.2. The normalized spacial score (nSPS) is 10.6. The van der Waals surface area contributed by atoms with Gasteiger partial charge < -0.3 is 14.6 Å². The Morgan fingerprint density at radius 1 is 0.967 bits per heavy atom. The van der Waals surface area contributed by atoms with Crippen LogP contribution in [0.5, 0.6) is 17.2 Å². The van der Waals surface area contributed by atoms with Gasteiger partial charge in [-0.2, -0.15) is 0 Å². The van der Waals surface area contributed by atoms with Gasteiger partial charge in [0.2, 0.25) is 0 Å². The van der Waals surface area contributed by atoms with E-state index >= 15 is 0 Å². The molecule has 0 saturated carbocycles. The Morgan fingerprint density at radius 3 is 2.40 bits per heavy atom. The summed E-state index contributed by atoms with van der Waals surface area (Å²) < 4.78 is 10.9. The van der Waals surface area contributed by atoms with Gasteiger partial charge in [0.05, 0.1) is 12.2 Å². The largest absolute Gasteiger partial charge is 0.507 e. The zero-order chi connectivity index (χ0) is 21.3. The molecule has 0 fully saturated rings. The van der Waals surface area contributed by atoms with Crippen molar-refractivity contribution < 1.29 is 19.4 Å². The van der Waals surface area contributed by atoms with E-state index in [-0.39, 0.29) is 17.5 Å². The number of nitrogens with zero attached hydrogens (tertiary/aromatic N) is 3. The summed E-state index contributed by atoms with van der Waals surface area (Å²) in [6.45, 7) is 4.71. The number of phenols is 1. The van der Waals surface area contributed by atoms with Gasteiger partial charge in [0.1, 0.15) is 23.6 Å². The SMILES string of the molecule is CCCCOc1ccc(-c2ncnc(-c3ccc(OC(=O)CCC)cc3O)n2)cc1. The third-order valence-corrected chi connectivity index (χ3v) is 4.35. The summed E-state index contributed by atoms with van der Waals surface area (Å²) in [6.07, 6.45) is 4.52. The number of aromatic hydroxyl groups is 1. The van der Waals surface area contributed by atoms with Crippen LogP contribution in [0.4, 0.5) is 0 Å². The van der Waals surface area contributed by atoms with Crippen molar-refractivity contribution in [2.75, 3.05) is 6.61 Å². The van der Waals surface area contributed by atoms with E-state index in [1.165, 1.54) is 12.4 Å². The number of rotatable bonds is 9. The average molecular weight is 407 g/mol. The number of aromatic nitrogens is 3. The second-order valence-corrected chi connectivity index (χ2v) is 6.76. The molecule has 3 rings (SSSR count). The molecule has 3 aromatic rings. The van der Waals surface area contributed by atoms with Crippen molar-refractivity contribution in [3.63, 3.8) is 0 Å². The molecule has 0 radical (unpaired) electrons. The van der Waals surface area contributed by atoms with Crippen molar-refractivity contribution in [1.82, 2.24) is 15.0 Å². The van der Waals surface area contributed by atoms with Crippen LogP contribution in [0.2, 0.25) is 0 Å². The molecular formula is C23H25N3O4. The highest BCUT2D eigenvalue weighted by atomic mass is 16.5. The van der Waals surface area contributed by atoms with E-state index in [4.69, 9.17) is 9.47 Å². The molecule has 0 atom stereocenters. The van der Waals surface area contributed by atoms with Gasteiger partial charge in [0.15, 0.2) is 11.6 Å². The van der Waals surface area contributed by atoms with Crippen LogP contribution < -0.4 is 9.47 Å². The zero-order valence-electron chi connectivity index (χ0n) is 17.2.